The summed E-state index contributed by atoms with van der Waals surface area (Å²) in [7, 11) is 0. The topological polar surface area (TPSA) is 98.6 Å². The smallest absolute Gasteiger partial charge is 0.173 e. The molecule has 1 aromatic carbocycles. The summed E-state index contributed by atoms with van der Waals surface area (Å²) in [5, 5.41) is 36.5. The van der Waals surface area contributed by atoms with E-state index in [1.165, 1.54) is 11.8 Å². The molecule has 0 aliphatic carbocycles. The first kappa shape index (κ1) is 16.3. The second kappa shape index (κ2) is 6.52. The van der Waals surface area contributed by atoms with Crippen LogP contribution < -0.4 is 4.74 Å². The highest BCUT2D eigenvalue weighted by Crippen LogP contribution is 2.32. The van der Waals surface area contributed by atoms with Gasteiger partial charge in [0.15, 0.2) is 5.44 Å². The van der Waals surface area contributed by atoms with Gasteiger partial charge in [0.2, 0.25) is 0 Å². The van der Waals surface area contributed by atoms with Gasteiger partial charge >= 0.3 is 0 Å². The Morgan fingerprint density at radius 1 is 1.22 bits per heavy atom. The van der Waals surface area contributed by atoms with E-state index in [1.807, 2.05) is 32.0 Å². The highest BCUT2D eigenvalue weighted by atomic mass is 32.2. The first-order valence-corrected chi connectivity index (χ1v) is 8.46. The van der Waals surface area contributed by atoms with Crippen LogP contribution in [0, 0.1) is 13.8 Å². The molecular formula is C16H20N2O4S. The Labute approximate surface area is 138 Å². The molecule has 1 aliphatic heterocycles. The molecule has 1 fully saturated rings. The van der Waals surface area contributed by atoms with Gasteiger partial charge < -0.3 is 20.1 Å². The molecule has 3 rings (SSSR count). The van der Waals surface area contributed by atoms with E-state index in [4.69, 9.17) is 4.74 Å². The Morgan fingerprint density at radius 3 is 2.70 bits per heavy atom. The second-order valence-electron chi connectivity index (χ2n) is 5.70. The van der Waals surface area contributed by atoms with Gasteiger partial charge in [-0.15, -0.1) is 11.8 Å². The van der Waals surface area contributed by atoms with Crippen LogP contribution in [0.1, 0.15) is 11.4 Å². The zero-order valence-electron chi connectivity index (χ0n) is 12.9. The number of rotatable bonds is 3. The molecule has 0 saturated carbocycles. The summed E-state index contributed by atoms with van der Waals surface area (Å²) in [6.45, 7) is 3.90. The average Bonchev–Trinajstić information content (AvgIpc) is 2.87. The Balaban J connectivity index is 1.81. The number of nitrogens with zero attached hydrogens (tertiary/aromatic N) is 1. The van der Waals surface area contributed by atoms with Gasteiger partial charge in [0, 0.05) is 17.0 Å². The molecule has 2 heterocycles. The highest BCUT2D eigenvalue weighted by Gasteiger charge is 2.38. The summed E-state index contributed by atoms with van der Waals surface area (Å²) in [5.74, 6) is 0.922. The van der Waals surface area contributed by atoms with Crippen molar-refractivity contribution in [1.29, 1.82) is 0 Å². The van der Waals surface area contributed by atoms with E-state index < -0.39 is 23.7 Å². The van der Waals surface area contributed by atoms with E-state index >= 15 is 0 Å². The van der Waals surface area contributed by atoms with Crippen LogP contribution in [-0.2, 0) is 0 Å². The predicted molar refractivity (Wildman–Crippen MR) is 88.4 cm³/mol. The molecule has 23 heavy (non-hydrogen) atoms. The van der Waals surface area contributed by atoms with E-state index in [0.29, 0.717) is 11.5 Å². The van der Waals surface area contributed by atoms with E-state index in [2.05, 4.69) is 10.2 Å². The number of H-pyrrole nitrogens is 1. The summed E-state index contributed by atoms with van der Waals surface area (Å²) < 4.78 is 5.82. The number of aromatic nitrogens is 2. The maximum absolute atomic E-state index is 10.0. The summed E-state index contributed by atoms with van der Waals surface area (Å²) in [6.07, 6.45) is -3.26. The molecular weight excluding hydrogens is 316 g/mol. The maximum atomic E-state index is 10.0. The zero-order chi connectivity index (χ0) is 16.6. The van der Waals surface area contributed by atoms with Crippen molar-refractivity contribution in [2.75, 3.05) is 5.75 Å². The van der Waals surface area contributed by atoms with Crippen LogP contribution >= 0.6 is 11.8 Å². The monoisotopic (exact) mass is 336 g/mol. The number of aromatic amines is 1. The van der Waals surface area contributed by atoms with Gasteiger partial charge in [-0.2, -0.15) is 5.10 Å². The number of hydrogen-bond donors (Lipinski definition) is 4. The fourth-order valence-electron chi connectivity index (χ4n) is 2.72. The molecule has 7 heteroatoms. The van der Waals surface area contributed by atoms with Crippen molar-refractivity contribution in [3.05, 3.63) is 35.7 Å². The lowest BCUT2D eigenvalue weighted by molar-refractivity contribution is -0.0786. The van der Waals surface area contributed by atoms with Crippen LogP contribution in [0.25, 0.3) is 11.1 Å². The van der Waals surface area contributed by atoms with E-state index in [-0.39, 0.29) is 0 Å². The van der Waals surface area contributed by atoms with Crippen molar-refractivity contribution in [1.82, 2.24) is 10.2 Å². The minimum absolute atomic E-state index is 0.322. The molecule has 0 radical (unpaired) electrons. The van der Waals surface area contributed by atoms with Crippen LogP contribution in [0.4, 0.5) is 0 Å². The fraction of sp³-hybridized carbons (Fsp3) is 0.438. The fourth-order valence-corrected chi connectivity index (χ4v) is 3.84. The summed E-state index contributed by atoms with van der Waals surface area (Å²) in [5.41, 5.74) is 3.27. The number of hydrogen-bond acceptors (Lipinski definition) is 6. The first-order chi connectivity index (χ1) is 11.0. The first-order valence-electron chi connectivity index (χ1n) is 7.42. The molecule has 0 spiro atoms. The van der Waals surface area contributed by atoms with Crippen molar-refractivity contribution >= 4 is 11.8 Å². The minimum atomic E-state index is -1.19. The van der Waals surface area contributed by atoms with Crippen LogP contribution in [0.15, 0.2) is 24.3 Å². The number of aliphatic hydroxyl groups excluding tert-OH is 3. The quantitative estimate of drug-likeness (QED) is 0.673. The summed E-state index contributed by atoms with van der Waals surface area (Å²) >= 11 is 1.29. The molecule has 0 amide bonds. The predicted octanol–water partition coefficient (Wildman–Crippen LogP) is 1.23. The molecule has 6 nitrogen and oxygen atoms in total. The molecule has 2 aromatic rings. The third-order valence-electron chi connectivity index (χ3n) is 3.96. The van der Waals surface area contributed by atoms with E-state index in [0.717, 1.165) is 22.5 Å². The zero-order valence-corrected chi connectivity index (χ0v) is 13.7. The van der Waals surface area contributed by atoms with Crippen LogP contribution in [0.5, 0.6) is 5.75 Å². The lowest BCUT2D eigenvalue weighted by Crippen LogP contribution is -2.50. The summed E-state index contributed by atoms with van der Waals surface area (Å²) in [6, 6.07) is 7.54. The number of ether oxygens (including phenoxy) is 1. The number of aryl methyl sites for hydroxylation is 2. The third kappa shape index (κ3) is 3.23. The number of thioether (sulfide) groups is 1. The largest absolute Gasteiger partial charge is 0.477 e. The highest BCUT2D eigenvalue weighted by molar-refractivity contribution is 7.99. The van der Waals surface area contributed by atoms with Crippen LogP contribution in [0.2, 0.25) is 0 Å². The van der Waals surface area contributed by atoms with Gasteiger partial charge in [-0.05, 0) is 31.5 Å². The normalized spacial score (nSPS) is 27.9. The number of benzene rings is 1. The van der Waals surface area contributed by atoms with Crippen molar-refractivity contribution < 1.29 is 20.1 Å². The molecule has 4 atom stereocenters. The van der Waals surface area contributed by atoms with Crippen molar-refractivity contribution in [3.8, 4) is 16.9 Å². The number of aliphatic hydroxyl groups is 3. The Hall–Kier alpha value is -1.54. The number of nitrogens with one attached hydrogen (secondary N) is 1. The molecule has 0 unspecified atom stereocenters. The van der Waals surface area contributed by atoms with Gasteiger partial charge in [0.05, 0.1) is 11.8 Å². The van der Waals surface area contributed by atoms with Crippen molar-refractivity contribution in [2.45, 2.75) is 37.6 Å². The van der Waals surface area contributed by atoms with E-state index in [1.54, 1.807) is 6.07 Å². The third-order valence-corrected chi connectivity index (χ3v) is 5.19. The molecule has 1 aromatic heterocycles. The maximum Gasteiger partial charge on any atom is 0.173 e. The van der Waals surface area contributed by atoms with Crippen LogP contribution in [0.3, 0.4) is 0 Å². The Morgan fingerprint density at radius 2 is 2.00 bits per heavy atom. The van der Waals surface area contributed by atoms with Gasteiger partial charge in [-0.25, -0.2) is 0 Å². The lowest BCUT2D eigenvalue weighted by Gasteiger charge is -2.34. The van der Waals surface area contributed by atoms with Crippen molar-refractivity contribution in [3.63, 3.8) is 0 Å². The van der Waals surface area contributed by atoms with E-state index in [9.17, 15) is 15.3 Å². The van der Waals surface area contributed by atoms with Gasteiger partial charge in [-0.3, -0.25) is 5.10 Å². The Kier molecular flexibility index (Phi) is 4.63. The molecule has 124 valence electrons. The standard InChI is InChI=1S/C16H20N2O4S/c1-8-13(9(2)18-17-8)10-4-3-5-11(6-10)22-16-15(21)14(20)12(19)7-23-16/h3-6,12,14-16,19-21H,7H2,1-2H3,(H,17,18)/t12-,14+,15-,16+/m1/s1. The molecule has 0 bridgehead atoms. The lowest BCUT2D eigenvalue weighted by atomic mass is 10.0. The summed E-state index contributed by atoms with van der Waals surface area (Å²) in [4.78, 5) is 0. The molecule has 1 aliphatic rings. The van der Waals surface area contributed by atoms with Gasteiger partial charge in [0.1, 0.15) is 18.0 Å². The van der Waals surface area contributed by atoms with Crippen molar-refractivity contribution in [2.24, 2.45) is 0 Å². The molecule has 4 N–H and O–H groups in total. The second-order valence-corrected chi connectivity index (χ2v) is 6.84. The SMILES string of the molecule is Cc1n[nH]c(C)c1-c1cccc(O[C@H]2SC[C@@H](O)[C@H](O)[C@H]2O)c1. The molecule has 1 saturated heterocycles. The van der Waals surface area contributed by atoms with Crippen LogP contribution in [-0.4, -0.2) is 55.0 Å². The average molecular weight is 336 g/mol. The van der Waals surface area contributed by atoms with Gasteiger partial charge in [0.25, 0.3) is 0 Å². The minimum Gasteiger partial charge on any atom is -0.477 e. The Bertz CT molecular complexity index is 671. The van der Waals surface area contributed by atoms with Gasteiger partial charge in [-0.1, -0.05) is 12.1 Å².